The van der Waals surface area contributed by atoms with Gasteiger partial charge in [-0.15, -0.1) is 0 Å². The van der Waals surface area contributed by atoms with Crippen LogP contribution in [0.3, 0.4) is 0 Å². The lowest BCUT2D eigenvalue weighted by Gasteiger charge is -2.31. The number of carbonyl (C=O) groups is 2. The number of rotatable bonds is 7. The second kappa shape index (κ2) is 9.70. The van der Waals surface area contributed by atoms with Gasteiger partial charge in [0, 0.05) is 12.3 Å². The maximum Gasteiger partial charge on any atom is 0.328 e. The van der Waals surface area contributed by atoms with Crippen molar-refractivity contribution >= 4 is 11.9 Å². The molecule has 1 atom stereocenters. The predicted molar refractivity (Wildman–Crippen MR) is 99.0 cm³/mol. The number of nitrogens with one attached hydrogen (secondary N) is 1. The number of amides is 1. The van der Waals surface area contributed by atoms with Crippen LogP contribution in [0.2, 0.25) is 0 Å². The SMILES string of the molecule is CCOC(=O)C(Cc1ccc(F)cc1)NC(=O)C1CCC(C(C)C)CC1. The van der Waals surface area contributed by atoms with Crippen LogP contribution in [0.25, 0.3) is 0 Å². The molecule has 0 aromatic heterocycles. The highest BCUT2D eigenvalue weighted by molar-refractivity contribution is 5.86. The van der Waals surface area contributed by atoms with Gasteiger partial charge in [-0.3, -0.25) is 4.79 Å². The molecule has 0 aliphatic heterocycles. The molecule has 1 aliphatic carbocycles. The van der Waals surface area contributed by atoms with E-state index in [0.29, 0.717) is 18.3 Å². The maximum atomic E-state index is 13.1. The predicted octanol–water partition coefficient (Wildman–Crippen LogP) is 3.88. The van der Waals surface area contributed by atoms with Crippen molar-refractivity contribution < 1.29 is 18.7 Å². The lowest BCUT2D eigenvalue weighted by atomic mass is 9.76. The Morgan fingerprint density at radius 2 is 1.77 bits per heavy atom. The molecule has 144 valence electrons. The van der Waals surface area contributed by atoms with Gasteiger partial charge in [0.05, 0.1) is 6.61 Å². The molecule has 0 saturated heterocycles. The van der Waals surface area contributed by atoms with Crippen LogP contribution in [0.5, 0.6) is 0 Å². The molecule has 0 spiro atoms. The molecular weight excluding hydrogens is 333 g/mol. The number of esters is 1. The molecule has 26 heavy (non-hydrogen) atoms. The maximum absolute atomic E-state index is 13.1. The van der Waals surface area contributed by atoms with Gasteiger partial charge in [0.15, 0.2) is 0 Å². The van der Waals surface area contributed by atoms with Gasteiger partial charge in [-0.25, -0.2) is 9.18 Å². The molecule has 1 fully saturated rings. The van der Waals surface area contributed by atoms with Crippen molar-refractivity contribution in [2.45, 2.75) is 58.9 Å². The Labute approximate surface area is 155 Å². The fraction of sp³-hybridized carbons (Fsp3) is 0.619. The van der Waals surface area contributed by atoms with Crippen molar-refractivity contribution in [2.24, 2.45) is 17.8 Å². The average molecular weight is 363 g/mol. The second-order valence-electron chi connectivity index (χ2n) is 7.50. The van der Waals surface area contributed by atoms with Gasteiger partial charge in [0.1, 0.15) is 11.9 Å². The summed E-state index contributed by atoms with van der Waals surface area (Å²) in [6.45, 7) is 6.45. The topological polar surface area (TPSA) is 55.4 Å². The minimum atomic E-state index is -0.740. The molecule has 0 heterocycles. The second-order valence-corrected chi connectivity index (χ2v) is 7.50. The standard InChI is InChI=1S/C21H30FNO3/c1-4-26-21(25)19(13-15-5-11-18(22)12-6-15)23-20(24)17-9-7-16(8-10-17)14(2)3/h5-6,11-12,14,16-17,19H,4,7-10,13H2,1-3H3,(H,23,24). The largest absolute Gasteiger partial charge is 0.464 e. The van der Waals surface area contributed by atoms with Crippen molar-refractivity contribution in [3.8, 4) is 0 Å². The van der Waals surface area contributed by atoms with E-state index in [9.17, 15) is 14.0 Å². The van der Waals surface area contributed by atoms with Gasteiger partial charge in [0.2, 0.25) is 5.91 Å². The van der Waals surface area contributed by atoms with Gasteiger partial charge in [-0.1, -0.05) is 26.0 Å². The number of hydrogen-bond acceptors (Lipinski definition) is 3. The van der Waals surface area contributed by atoms with Crippen LogP contribution in [0.15, 0.2) is 24.3 Å². The van der Waals surface area contributed by atoms with E-state index in [-0.39, 0.29) is 24.2 Å². The lowest BCUT2D eigenvalue weighted by Crippen LogP contribution is -2.46. The monoisotopic (exact) mass is 363 g/mol. The molecule has 1 N–H and O–H groups in total. The van der Waals surface area contributed by atoms with Crippen LogP contribution >= 0.6 is 0 Å². The van der Waals surface area contributed by atoms with Gasteiger partial charge in [-0.05, 0) is 62.1 Å². The van der Waals surface area contributed by atoms with Crippen molar-refractivity contribution in [3.05, 3.63) is 35.6 Å². The fourth-order valence-corrected chi connectivity index (χ4v) is 3.63. The summed E-state index contributed by atoms with van der Waals surface area (Å²) in [5, 5.41) is 2.87. The third kappa shape index (κ3) is 5.82. The number of carbonyl (C=O) groups excluding carboxylic acids is 2. The third-order valence-electron chi connectivity index (χ3n) is 5.33. The van der Waals surface area contributed by atoms with E-state index in [2.05, 4.69) is 19.2 Å². The van der Waals surface area contributed by atoms with E-state index >= 15 is 0 Å². The summed E-state index contributed by atoms with van der Waals surface area (Å²) in [5.74, 6) is 0.430. The molecule has 1 saturated carbocycles. The molecule has 1 aromatic carbocycles. The number of halogens is 1. The Balaban J connectivity index is 1.98. The summed E-state index contributed by atoms with van der Waals surface area (Å²) in [6.07, 6.45) is 4.13. The van der Waals surface area contributed by atoms with Gasteiger partial charge < -0.3 is 10.1 Å². The minimum Gasteiger partial charge on any atom is -0.464 e. The Kier molecular flexibility index (Phi) is 7.61. The Morgan fingerprint density at radius 3 is 2.31 bits per heavy atom. The molecule has 0 radical (unpaired) electrons. The fourth-order valence-electron chi connectivity index (χ4n) is 3.63. The quantitative estimate of drug-likeness (QED) is 0.748. The summed E-state index contributed by atoms with van der Waals surface area (Å²) in [7, 11) is 0. The van der Waals surface area contributed by atoms with E-state index in [1.54, 1.807) is 19.1 Å². The first kappa shape index (κ1) is 20.4. The van der Waals surface area contributed by atoms with E-state index < -0.39 is 12.0 Å². The number of ether oxygens (including phenoxy) is 1. The molecule has 2 rings (SSSR count). The van der Waals surface area contributed by atoms with Crippen LogP contribution in [-0.4, -0.2) is 24.5 Å². The highest BCUT2D eigenvalue weighted by atomic mass is 19.1. The first-order valence-electron chi connectivity index (χ1n) is 9.62. The van der Waals surface area contributed by atoms with Crippen LogP contribution in [0.1, 0.15) is 52.0 Å². The molecule has 1 amide bonds. The van der Waals surface area contributed by atoms with E-state index in [1.807, 2.05) is 0 Å². The number of hydrogen-bond donors (Lipinski definition) is 1. The Hall–Kier alpha value is -1.91. The Morgan fingerprint density at radius 1 is 1.15 bits per heavy atom. The summed E-state index contributed by atoms with van der Waals surface area (Å²) < 4.78 is 18.2. The average Bonchev–Trinajstić information content (AvgIpc) is 2.63. The number of benzene rings is 1. The minimum absolute atomic E-state index is 0.0462. The first-order valence-corrected chi connectivity index (χ1v) is 9.62. The molecule has 1 aromatic rings. The molecule has 1 aliphatic rings. The van der Waals surface area contributed by atoms with Gasteiger partial charge >= 0.3 is 5.97 Å². The molecular formula is C21H30FNO3. The van der Waals surface area contributed by atoms with Gasteiger partial charge in [0.25, 0.3) is 0 Å². The van der Waals surface area contributed by atoms with E-state index in [0.717, 1.165) is 31.2 Å². The highest BCUT2D eigenvalue weighted by Gasteiger charge is 2.30. The van der Waals surface area contributed by atoms with Crippen molar-refractivity contribution in [2.75, 3.05) is 6.61 Å². The van der Waals surface area contributed by atoms with Crippen LogP contribution in [0, 0.1) is 23.6 Å². The molecule has 0 bridgehead atoms. The van der Waals surface area contributed by atoms with Gasteiger partial charge in [-0.2, -0.15) is 0 Å². The van der Waals surface area contributed by atoms with Crippen LogP contribution in [-0.2, 0) is 20.7 Å². The molecule has 4 nitrogen and oxygen atoms in total. The molecule has 1 unspecified atom stereocenters. The van der Waals surface area contributed by atoms with Crippen molar-refractivity contribution in [1.29, 1.82) is 0 Å². The summed E-state index contributed by atoms with van der Waals surface area (Å²) in [4.78, 5) is 24.9. The Bertz CT molecular complexity index is 592. The smallest absolute Gasteiger partial charge is 0.328 e. The summed E-state index contributed by atoms with van der Waals surface area (Å²) >= 11 is 0. The highest BCUT2D eigenvalue weighted by Crippen LogP contribution is 2.33. The van der Waals surface area contributed by atoms with Crippen molar-refractivity contribution in [1.82, 2.24) is 5.32 Å². The van der Waals surface area contributed by atoms with Crippen molar-refractivity contribution in [3.63, 3.8) is 0 Å². The first-order chi connectivity index (χ1) is 12.4. The van der Waals surface area contributed by atoms with Crippen LogP contribution in [0.4, 0.5) is 4.39 Å². The summed E-state index contributed by atoms with van der Waals surface area (Å²) in [6, 6.07) is 5.22. The lowest BCUT2D eigenvalue weighted by molar-refractivity contribution is -0.148. The third-order valence-corrected chi connectivity index (χ3v) is 5.33. The van der Waals surface area contributed by atoms with E-state index in [1.165, 1.54) is 12.1 Å². The normalized spacial score (nSPS) is 21.3. The summed E-state index contributed by atoms with van der Waals surface area (Å²) in [5.41, 5.74) is 0.785. The zero-order chi connectivity index (χ0) is 19.1. The molecule has 5 heteroatoms. The zero-order valence-electron chi connectivity index (χ0n) is 16.0. The van der Waals surface area contributed by atoms with E-state index in [4.69, 9.17) is 4.74 Å². The van der Waals surface area contributed by atoms with Crippen LogP contribution < -0.4 is 5.32 Å². The zero-order valence-corrected chi connectivity index (χ0v) is 16.0.